The minimum atomic E-state index is -0.0923. The number of hydrogen-bond donors (Lipinski definition) is 0. The maximum Gasteiger partial charge on any atom is 0.232 e. The molecule has 1 aliphatic rings. The first-order valence-corrected chi connectivity index (χ1v) is 9.21. The van der Waals surface area contributed by atoms with Crippen molar-refractivity contribution in [2.24, 2.45) is 0 Å². The number of benzene rings is 1. The van der Waals surface area contributed by atoms with E-state index in [4.69, 9.17) is 4.52 Å². The molecule has 2 aromatic heterocycles. The highest BCUT2D eigenvalue weighted by Crippen LogP contribution is 2.33. The van der Waals surface area contributed by atoms with Crippen molar-refractivity contribution in [1.29, 1.82) is 0 Å². The van der Waals surface area contributed by atoms with E-state index < -0.39 is 0 Å². The van der Waals surface area contributed by atoms with Gasteiger partial charge in [-0.05, 0) is 40.5 Å². The number of carbonyl (C=O) groups is 1. The van der Waals surface area contributed by atoms with Gasteiger partial charge in [-0.15, -0.1) is 0 Å². The standard InChI is InChI=1S/C19H17BrN4O2/c1-12(13-5-3-2-4-6-13)24-11-14(9-17(24)25)19-22-18(23-26-19)16-8-7-15(20)10-21-16/h2-8,10,12,14H,9,11H2,1H3. The van der Waals surface area contributed by atoms with Gasteiger partial charge in [0.05, 0.1) is 12.0 Å². The predicted octanol–water partition coefficient (Wildman–Crippen LogP) is 3.97. The number of rotatable bonds is 4. The SMILES string of the molecule is CC(c1ccccc1)N1CC(c2nc(-c3ccc(Br)cn3)no2)CC1=O. The summed E-state index contributed by atoms with van der Waals surface area (Å²) in [6, 6.07) is 13.7. The van der Waals surface area contributed by atoms with Crippen LogP contribution in [0.25, 0.3) is 11.5 Å². The highest BCUT2D eigenvalue weighted by atomic mass is 79.9. The van der Waals surface area contributed by atoms with E-state index in [0.29, 0.717) is 30.4 Å². The normalized spacial score (nSPS) is 18.3. The number of carbonyl (C=O) groups excluding carboxylic acids is 1. The smallest absolute Gasteiger partial charge is 0.232 e. The van der Waals surface area contributed by atoms with Gasteiger partial charge >= 0.3 is 0 Å². The molecule has 1 aliphatic heterocycles. The molecule has 1 amide bonds. The zero-order valence-electron chi connectivity index (χ0n) is 14.2. The lowest BCUT2D eigenvalue weighted by Gasteiger charge is -2.24. The number of halogens is 1. The Kier molecular flexibility index (Phi) is 4.55. The number of aromatic nitrogens is 3. The van der Waals surface area contributed by atoms with Crippen molar-refractivity contribution in [1.82, 2.24) is 20.0 Å². The van der Waals surface area contributed by atoms with E-state index in [1.807, 2.05) is 54.3 Å². The molecule has 0 bridgehead atoms. The third-order valence-corrected chi connectivity index (χ3v) is 5.12. The lowest BCUT2D eigenvalue weighted by atomic mass is 10.1. The Morgan fingerprint density at radius 1 is 1.23 bits per heavy atom. The number of nitrogens with zero attached hydrogens (tertiary/aromatic N) is 4. The molecule has 0 N–H and O–H groups in total. The van der Waals surface area contributed by atoms with Gasteiger partial charge in [-0.25, -0.2) is 0 Å². The van der Waals surface area contributed by atoms with Gasteiger partial charge in [0.1, 0.15) is 5.69 Å². The van der Waals surface area contributed by atoms with Crippen molar-refractivity contribution in [3.8, 4) is 11.5 Å². The van der Waals surface area contributed by atoms with E-state index in [9.17, 15) is 4.79 Å². The van der Waals surface area contributed by atoms with Crippen LogP contribution in [0.2, 0.25) is 0 Å². The first-order valence-electron chi connectivity index (χ1n) is 8.42. The summed E-state index contributed by atoms with van der Waals surface area (Å²) in [6.45, 7) is 2.62. The Labute approximate surface area is 159 Å². The summed E-state index contributed by atoms with van der Waals surface area (Å²) < 4.78 is 6.31. The lowest BCUT2D eigenvalue weighted by molar-refractivity contribution is -0.129. The van der Waals surface area contributed by atoms with Crippen LogP contribution in [0.3, 0.4) is 0 Å². The summed E-state index contributed by atoms with van der Waals surface area (Å²) in [4.78, 5) is 23.1. The maximum absolute atomic E-state index is 12.5. The summed E-state index contributed by atoms with van der Waals surface area (Å²) in [5, 5.41) is 4.02. The molecule has 1 fully saturated rings. The molecular weight excluding hydrogens is 396 g/mol. The van der Waals surface area contributed by atoms with Crippen molar-refractivity contribution in [3.63, 3.8) is 0 Å². The predicted molar refractivity (Wildman–Crippen MR) is 99.2 cm³/mol. The van der Waals surface area contributed by atoms with Crippen LogP contribution < -0.4 is 0 Å². The lowest BCUT2D eigenvalue weighted by Crippen LogP contribution is -2.28. The highest BCUT2D eigenvalue weighted by molar-refractivity contribution is 9.10. The van der Waals surface area contributed by atoms with E-state index >= 15 is 0 Å². The van der Waals surface area contributed by atoms with Crippen LogP contribution in [0.5, 0.6) is 0 Å². The average molecular weight is 413 g/mol. The maximum atomic E-state index is 12.5. The highest BCUT2D eigenvalue weighted by Gasteiger charge is 2.37. The molecular formula is C19H17BrN4O2. The van der Waals surface area contributed by atoms with Gasteiger partial charge in [0.2, 0.25) is 17.6 Å². The second-order valence-electron chi connectivity index (χ2n) is 6.35. The molecule has 0 aliphatic carbocycles. The largest absolute Gasteiger partial charge is 0.339 e. The van der Waals surface area contributed by atoms with Crippen molar-refractivity contribution >= 4 is 21.8 Å². The van der Waals surface area contributed by atoms with Crippen LogP contribution in [-0.4, -0.2) is 32.5 Å². The fourth-order valence-electron chi connectivity index (χ4n) is 3.20. The molecule has 2 unspecified atom stereocenters. The monoisotopic (exact) mass is 412 g/mol. The quantitative estimate of drug-likeness (QED) is 0.647. The first-order chi connectivity index (χ1) is 12.6. The van der Waals surface area contributed by atoms with Crippen molar-refractivity contribution in [2.75, 3.05) is 6.54 Å². The Morgan fingerprint density at radius 2 is 2.04 bits per heavy atom. The van der Waals surface area contributed by atoms with Gasteiger partial charge in [-0.1, -0.05) is 35.5 Å². The number of pyridine rings is 1. The molecule has 7 heteroatoms. The van der Waals surface area contributed by atoms with E-state index in [0.717, 1.165) is 10.0 Å². The molecule has 0 spiro atoms. The van der Waals surface area contributed by atoms with Crippen LogP contribution in [0.1, 0.15) is 36.8 Å². The second-order valence-corrected chi connectivity index (χ2v) is 7.27. The molecule has 1 aromatic carbocycles. The van der Waals surface area contributed by atoms with Crippen LogP contribution in [-0.2, 0) is 4.79 Å². The molecule has 1 saturated heterocycles. The van der Waals surface area contributed by atoms with Crippen LogP contribution in [0, 0.1) is 0 Å². The fourth-order valence-corrected chi connectivity index (χ4v) is 3.43. The summed E-state index contributed by atoms with van der Waals surface area (Å²) in [7, 11) is 0. The zero-order valence-corrected chi connectivity index (χ0v) is 15.8. The van der Waals surface area contributed by atoms with E-state index in [1.165, 1.54) is 0 Å². The van der Waals surface area contributed by atoms with Gasteiger partial charge in [-0.3, -0.25) is 9.78 Å². The Balaban J connectivity index is 1.51. The van der Waals surface area contributed by atoms with Gasteiger partial charge in [-0.2, -0.15) is 4.98 Å². The molecule has 132 valence electrons. The minimum Gasteiger partial charge on any atom is -0.339 e. The molecule has 3 heterocycles. The second kappa shape index (κ2) is 6.99. The Hall–Kier alpha value is -2.54. The van der Waals surface area contributed by atoms with Gasteiger partial charge < -0.3 is 9.42 Å². The Bertz CT molecular complexity index is 911. The molecule has 26 heavy (non-hydrogen) atoms. The van der Waals surface area contributed by atoms with Crippen molar-refractivity contribution in [3.05, 3.63) is 64.6 Å². The summed E-state index contributed by atoms with van der Waals surface area (Å²) in [5.41, 5.74) is 1.76. The molecule has 0 saturated carbocycles. The Morgan fingerprint density at radius 3 is 2.77 bits per heavy atom. The molecule has 0 radical (unpaired) electrons. The molecule has 3 aromatic rings. The van der Waals surface area contributed by atoms with Gasteiger partial charge in [0, 0.05) is 23.6 Å². The van der Waals surface area contributed by atoms with Crippen LogP contribution >= 0.6 is 15.9 Å². The summed E-state index contributed by atoms with van der Waals surface area (Å²) in [6.07, 6.45) is 2.07. The van der Waals surface area contributed by atoms with Crippen molar-refractivity contribution < 1.29 is 9.32 Å². The zero-order chi connectivity index (χ0) is 18.1. The third kappa shape index (κ3) is 3.26. The van der Waals surface area contributed by atoms with E-state index in [2.05, 4.69) is 31.1 Å². The summed E-state index contributed by atoms with van der Waals surface area (Å²) >= 11 is 3.35. The van der Waals surface area contributed by atoms with Gasteiger partial charge in [0.25, 0.3) is 0 Å². The molecule has 4 rings (SSSR count). The first kappa shape index (κ1) is 16.9. The third-order valence-electron chi connectivity index (χ3n) is 4.66. The number of likely N-dealkylation sites (tertiary alicyclic amines) is 1. The summed E-state index contributed by atoms with van der Waals surface area (Å²) in [5.74, 6) is 0.938. The van der Waals surface area contributed by atoms with Crippen molar-refractivity contribution in [2.45, 2.75) is 25.3 Å². The topological polar surface area (TPSA) is 72.1 Å². The van der Waals surface area contributed by atoms with Gasteiger partial charge in [0.15, 0.2) is 0 Å². The number of hydrogen-bond acceptors (Lipinski definition) is 5. The minimum absolute atomic E-state index is 0.0178. The van der Waals surface area contributed by atoms with Crippen LogP contribution in [0.4, 0.5) is 0 Å². The van der Waals surface area contributed by atoms with E-state index in [-0.39, 0.29) is 17.9 Å². The van der Waals surface area contributed by atoms with E-state index in [1.54, 1.807) is 6.20 Å². The fraction of sp³-hybridized carbons (Fsp3) is 0.263. The van der Waals surface area contributed by atoms with Crippen LogP contribution in [0.15, 0.2) is 57.7 Å². The molecule has 6 nitrogen and oxygen atoms in total. The molecule has 2 atom stereocenters. The average Bonchev–Trinajstić information content (AvgIpc) is 3.29. The number of amides is 1.